The zero-order chi connectivity index (χ0) is 17.5. The van der Waals surface area contributed by atoms with E-state index in [0.29, 0.717) is 44.7 Å². The molecule has 24 heavy (non-hydrogen) atoms. The van der Waals surface area contributed by atoms with Gasteiger partial charge in [0.25, 0.3) is 5.69 Å². The van der Waals surface area contributed by atoms with Gasteiger partial charge in [0.1, 0.15) is 5.75 Å². The number of carbonyl (C=O) groups excluding carboxylic acids is 1. The van der Waals surface area contributed by atoms with Gasteiger partial charge in [-0.05, 0) is 18.9 Å². The highest BCUT2D eigenvalue weighted by molar-refractivity contribution is 5.76. The summed E-state index contributed by atoms with van der Waals surface area (Å²) in [5.41, 5.74) is 0.239. The fourth-order valence-electron chi connectivity index (χ4n) is 2.47. The first-order chi connectivity index (χ1) is 11.5. The average Bonchev–Trinajstić information content (AvgIpc) is 2.56. The van der Waals surface area contributed by atoms with Gasteiger partial charge in [0.2, 0.25) is 5.91 Å². The maximum absolute atomic E-state index is 12.1. The lowest BCUT2D eigenvalue weighted by atomic mass is 10.1. The van der Waals surface area contributed by atoms with E-state index in [-0.39, 0.29) is 23.8 Å². The molecule has 1 aromatic rings. The molecule has 9 nitrogen and oxygen atoms in total. The SMILES string of the molecule is O=C(O)Oc1ccc([N+](=O)[O-])cc1CCCC(=O)N1CCOCC1. The van der Waals surface area contributed by atoms with Crippen LogP contribution in [0.4, 0.5) is 10.5 Å². The van der Waals surface area contributed by atoms with Crippen molar-refractivity contribution < 1.29 is 29.1 Å². The molecular weight excluding hydrogens is 320 g/mol. The second-order valence-electron chi connectivity index (χ2n) is 5.26. The van der Waals surface area contributed by atoms with Crippen molar-refractivity contribution in [3.8, 4) is 5.75 Å². The molecule has 0 aliphatic carbocycles. The number of ether oxygens (including phenoxy) is 2. The molecule has 1 heterocycles. The van der Waals surface area contributed by atoms with Gasteiger partial charge in [0, 0.05) is 37.2 Å². The average molecular weight is 338 g/mol. The second-order valence-corrected chi connectivity index (χ2v) is 5.26. The van der Waals surface area contributed by atoms with Crippen LogP contribution in [0.2, 0.25) is 0 Å². The number of morpholine rings is 1. The lowest BCUT2D eigenvalue weighted by Crippen LogP contribution is -2.40. The highest BCUT2D eigenvalue weighted by Gasteiger charge is 2.18. The van der Waals surface area contributed by atoms with Crippen LogP contribution in [-0.4, -0.2) is 53.3 Å². The van der Waals surface area contributed by atoms with Crippen molar-refractivity contribution in [2.75, 3.05) is 26.3 Å². The number of rotatable bonds is 6. The van der Waals surface area contributed by atoms with Gasteiger partial charge in [0.15, 0.2) is 0 Å². The maximum Gasteiger partial charge on any atom is 0.511 e. The van der Waals surface area contributed by atoms with E-state index in [1.54, 1.807) is 4.90 Å². The van der Waals surface area contributed by atoms with Crippen LogP contribution in [0.25, 0.3) is 0 Å². The molecule has 0 atom stereocenters. The number of nitro benzene ring substituents is 1. The molecule has 0 saturated carbocycles. The number of hydrogen-bond acceptors (Lipinski definition) is 6. The van der Waals surface area contributed by atoms with Gasteiger partial charge in [-0.15, -0.1) is 0 Å². The second kappa shape index (κ2) is 8.25. The van der Waals surface area contributed by atoms with Gasteiger partial charge < -0.3 is 19.5 Å². The Hall–Kier alpha value is -2.68. The number of nitrogens with zero attached hydrogens (tertiary/aromatic N) is 2. The van der Waals surface area contributed by atoms with Crippen molar-refractivity contribution in [1.82, 2.24) is 4.90 Å². The number of benzene rings is 1. The molecule has 0 aromatic heterocycles. The number of aryl methyl sites for hydroxylation is 1. The Balaban J connectivity index is 1.98. The molecule has 1 amide bonds. The maximum atomic E-state index is 12.1. The smallest absolute Gasteiger partial charge is 0.449 e. The summed E-state index contributed by atoms with van der Waals surface area (Å²) in [6, 6.07) is 3.71. The Morgan fingerprint density at radius 1 is 1.33 bits per heavy atom. The van der Waals surface area contributed by atoms with Crippen molar-refractivity contribution in [1.29, 1.82) is 0 Å². The predicted octanol–water partition coefficient (Wildman–Crippen LogP) is 1.83. The third-order valence-corrected chi connectivity index (χ3v) is 3.65. The summed E-state index contributed by atoms with van der Waals surface area (Å²) < 4.78 is 9.82. The first-order valence-corrected chi connectivity index (χ1v) is 7.51. The molecule has 1 N–H and O–H groups in total. The van der Waals surface area contributed by atoms with E-state index in [1.807, 2.05) is 0 Å². The van der Waals surface area contributed by atoms with E-state index in [0.717, 1.165) is 0 Å². The molecule has 1 aromatic carbocycles. The molecular formula is C15H18N2O7. The molecule has 0 radical (unpaired) electrons. The van der Waals surface area contributed by atoms with Crippen LogP contribution in [0.15, 0.2) is 18.2 Å². The lowest BCUT2D eigenvalue weighted by Gasteiger charge is -2.26. The van der Waals surface area contributed by atoms with Crippen molar-refractivity contribution >= 4 is 17.7 Å². The molecule has 2 rings (SSSR count). The van der Waals surface area contributed by atoms with Crippen LogP contribution in [0, 0.1) is 10.1 Å². The largest absolute Gasteiger partial charge is 0.511 e. The minimum Gasteiger partial charge on any atom is -0.449 e. The normalized spacial score (nSPS) is 14.2. The standard InChI is InChI=1S/C15H18N2O7/c18-14(16-6-8-23-9-7-16)3-1-2-11-10-12(17(21)22)4-5-13(11)24-15(19)20/h4-5,10H,1-3,6-9H2,(H,19,20). The van der Waals surface area contributed by atoms with Crippen molar-refractivity contribution in [2.24, 2.45) is 0 Å². The van der Waals surface area contributed by atoms with Gasteiger partial charge >= 0.3 is 6.16 Å². The van der Waals surface area contributed by atoms with E-state index in [4.69, 9.17) is 9.84 Å². The number of amides is 1. The van der Waals surface area contributed by atoms with Crippen molar-refractivity contribution in [2.45, 2.75) is 19.3 Å². The number of non-ortho nitro benzene ring substituents is 1. The van der Waals surface area contributed by atoms with Gasteiger partial charge in [-0.25, -0.2) is 4.79 Å². The monoisotopic (exact) mass is 338 g/mol. The zero-order valence-electron chi connectivity index (χ0n) is 13.0. The Kier molecular flexibility index (Phi) is 6.07. The molecule has 130 valence electrons. The van der Waals surface area contributed by atoms with Crippen LogP contribution in [0.5, 0.6) is 5.75 Å². The Morgan fingerprint density at radius 2 is 2.04 bits per heavy atom. The van der Waals surface area contributed by atoms with Crippen LogP contribution in [-0.2, 0) is 16.0 Å². The number of carboxylic acid groups (broad SMARTS) is 1. The van der Waals surface area contributed by atoms with E-state index in [1.165, 1.54) is 18.2 Å². The number of hydrogen-bond donors (Lipinski definition) is 1. The third kappa shape index (κ3) is 4.92. The molecule has 0 unspecified atom stereocenters. The zero-order valence-corrected chi connectivity index (χ0v) is 13.0. The Morgan fingerprint density at radius 3 is 2.67 bits per heavy atom. The van der Waals surface area contributed by atoms with Crippen LogP contribution >= 0.6 is 0 Å². The molecule has 1 aliphatic rings. The first-order valence-electron chi connectivity index (χ1n) is 7.51. The molecule has 0 spiro atoms. The van der Waals surface area contributed by atoms with Crippen LogP contribution < -0.4 is 4.74 Å². The summed E-state index contributed by atoms with van der Waals surface area (Å²) in [6.07, 6.45) is -0.474. The fourth-order valence-corrected chi connectivity index (χ4v) is 2.47. The summed E-state index contributed by atoms with van der Waals surface area (Å²) in [7, 11) is 0. The van der Waals surface area contributed by atoms with Crippen LogP contribution in [0.1, 0.15) is 18.4 Å². The quantitative estimate of drug-likeness (QED) is 0.364. The molecule has 1 aliphatic heterocycles. The van der Waals surface area contributed by atoms with Crippen LogP contribution in [0.3, 0.4) is 0 Å². The van der Waals surface area contributed by atoms with Gasteiger partial charge in [-0.3, -0.25) is 14.9 Å². The predicted molar refractivity (Wildman–Crippen MR) is 82.1 cm³/mol. The van der Waals surface area contributed by atoms with Gasteiger partial charge in [-0.2, -0.15) is 0 Å². The fraction of sp³-hybridized carbons (Fsp3) is 0.467. The van der Waals surface area contributed by atoms with E-state index in [2.05, 4.69) is 4.74 Å². The van der Waals surface area contributed by atoms with Gasteiger partial charge in [-0.1, -0.05) is 0 Å². The Bertz CT molecular complexity index is 626. The third-order valence-electron chi connectivity index (χ3n) is 3.65. The highest BCUT2D eigenvalue weighted by atomic mass is 16.7. The molecule has 1 fully saturated rings. The summed E-state index contributed by atoms with van der Waals surface area (Å²) in [5.74, 6) is 0.0383. The first kappa shape index (κ1) is 17.7. The number of nitro groups is 1. The van der Waals surface area contributed by atoms with Gasteiger partial charge in [0.05, 0.1) is 18.1 Å². The van der Waals surface area contributed by atoms with Crippen molar-refractivity contribution in [3.05, 3.63) is 33.9 Å². The molecule has 9 heteroatoms. The molecule has 0 bridgehead atoms. The van der Waals surface area contributed by atoms with E-state index >= 15 is 0 Å². The van der Waals surface area contributed by atoms with Crippen molar-refractivity contribution in [3.63, 3.8) is 0 Å². The van der Waals surface area contributed by atoms with E-state index < -0.39 is 11.1 Å². The minimum atomic E-state index is -1.49. The minimum absolute atomic E-state index is 0.00978. The topological polar surface area (TPSA) is 119 Å². The van der Waals surface area contributed by atoms with E-state index in [9.17, 15) is 19.7 Å². The lowest BCUT2D eigenvalue weighted by molar-refractivity contribution is -0.384. The summed E-state index contributed by atoms with van der Waals surface area (Å²) in [4.78, 5) is 34.8. The highest BCUT2D eigenvalue weighted by Crippen LogP contribution is 2.26. The summed E-state index contributed by atoms with van der Waals surface area (Å²) in [6.45, 7) is 2.16. The number of carbonyl (C=O) groups is 2. The summed E-state index contributed by atoms with van der Waals surface area (Å²) >= 11 is 0. The molecule has 1 saturated heterocycles. The summed E-state index contributed by atoms with van der Waals surface area (Å²) in [5, 5.41) is 19.6. The Labute approximate surface area is 137 Å².